The molecule has 0 saturated carbocycles. The van der Waals surface area contributed by atoms with Crippen LogP contribution in [0.1, 0.15) is 40.5 Å². The molecule has 4 rings (SSSR count). The Morgan fingerprint density at radius 2 is 1.89 bits per heavy atom. The molecular formula is C23H19F3N6O3. The van der Waals surface area contributed by atoms with E-state index in [0.717, 1.165) is 16.8 Å². The summed E-state index contributed by atoms with van der Waals surface area (Å²) in [5.74, 6) is -0.0672. The maximum Gasteiger partial charge on any atom is 0.416 e. The Morgan fingerprint density at radius 1 is 1.11 bits per heavy atom. The molecule has 12 heteroatoms. The number of halogens is 3. The third-order valence-electron chi connectivity index (χ3n) is 5.05. The van der Waals surface area contributed by atoms with Gasteiger partial charge in [-0.2, -0.15) is 23.0 Å². The van der Waals surface area contributed by atoms with Gasteiger partial charge in [0.15, 0.2) is 0 Å². The number of aryl methyl sites for hydroxylation is 1. The lowest BCUT2D eigenvalue weighted by atomic mass is 10.0. The molecule has 0 aliphatic rings. The van der Waals surface area contributed by atoms with Crippen molar-refractivity contribution in [2.24, 2.45) is 0 Å². The lowest BCUT2D eigenvalue weighted by molar-refractivity contribution is -0.137. The number of rotatable bonds is 5. The lowest BCUT2D eigenvalue weighted by Crippen LogP contribution is -2.30. The molecule has 0 spiro atoms. The number of carbonyl (C=O) groups is 1. The Kier molecular flexibility index (Phi) is 6.12. The first kappa shape index (κ1) is 23.7. The van der Waals surface area contributed by atoms with Crippen molar-refractivity contribution in [1.82, 2.24) is 25.3 Å². The van der Waals surface area contributed by atoms with Crippen LogP contribution in [0.5, 0.6) is 0 Å². The van der Waals surface area contributed by atoms with Gasteiger partial charge in [0, 0.05) is 24.2 Å². The quantitative estimate of drug-likeness (QED) is 0.414. The monoisotopic (exact) mass is 484 g/mol. The molecule has 2 heterocycles. The number of nitrogens with one attached hydrogen (secondary N) is 1. The fourth-order valence-electron chi connectivity index (χ4n) is 3.35. The first-order valence-corrected chi connectivity index (χ1v) is 10.3. The Labute approximate surface area is 196 Å². The van der Waals surface area contributed by atoms with Crippen LogP contribution in [0.3, 0.4) is 0 Å². The molecule has 180 valence electrons. The van der Waals surface area contributed by atoms with E-state index in [1.165, 1.54) is 25.1 Å². The second kappa shape index (κ2) is 9.05. The first-order chi connectivity index (χ1) is 16.5. The van der Waals surface area contributed by atoms with Gasteiger partial charge < -0.3 is 15.5 Å². The van der Waals surface area contributed by atoms with Crippen molar-refractivity contribution in [2.45, 2.75) is 26.1 Å². The van der Waals surface area contributed by atoms with Crippen molar-refractivity contribution < 1.29 is 22.4 Å². The minimum absolute atomic E-state index is 0.0843. The zero-order valence-electron chi connectivity index (χ0n) is 18.5. The van der Waals surface area contributed by atoms with Gasteiger partial charge >= 0.3 is 6.18 Å². The highest BCUT2D eigenvalue weighted by atomic mass is 19.4. The van der Waals surface area contributed by atoms with Crippen LogP contribution >= 0.6 is 0 Å². The van der Waals surface area contributed by atoms with Crippen molar-refractivity contribution in [3.05, 3.63) is 87.7 Å². The topological polar surface area (TPSA) is 129 Å². The van der Waals surface area contributed by atoms with Gasteiger partial charge in [0.2, 0.25) is 11.8 Å². The highest BCUT2D eigenvalue weighted by molar-refractivity contribution is 5.92. The molecule has 9 nitrogen and oxygen atoms in total. The van der Waals surface area contributed by atoms with Crippen molar-refractivity contribution in [3.8, 4) is 17.1 Å². The van der Waals surface area contributed by atoms with E-state index in [4.69, 9.17) is 10.2 Å². The average Bonchev–Trinajstić information content (AvgIpc) is 3.24. The van der Waals surface area contributed by atoms with E-state index in [1.807, 2.05) is 0 Å². The Bertz CT molecular complexity index is 1460. The number of hydrogen-bond acceptors (Lipinski definition) is 7. The van der Waals surface area contributed by atoms with Gasteiger partial charge in [0.05, 0.1) is 17.3 Å². The van der Waals surface area contributed by atoms with E-state index < -0.39 is 29.2 Å². The predicted octanol–water partition coefficient (Wildman–Crippen LogP) is 3.68. The number of benzene rings is 2. The number of nitrogen functional groups attached to an aromatic ring is 1. The molecule has 0 radical (unpaired) electrons. The van der Waals surface area contributed by atoms with Gasteiger partial charge in [0.1, 0.15) is 5.69 Å². The summed E-state index contributed by atoms with van der Waals surface area (Å²) in [6.45, 7) is 3.15. The van der Waals surface area contributed by atoms with Crippen LogP contribution in [0.15, 0.2) is 63.8 Å². The summed E-state index contributed by atoms with van der Waals surface area (Å²) < 4.78 is 45.8. The second-order valence-electron chi connectivity index (χ2n) is 7.73. The van der Waals surface area contributed by atoms with Crippen molar-refractivity contribution in [2.75, 3.05) is 5.73 Å². The molecule has 3 N–H and O–H groups in total. The lowest BCUT2D eigenvalue weighted by Gasteiger charge is -2.17. The molecule has 0 aliphatic heterocycles. The summed E-state index contributed by atoms with van der Waals surface area (Å²) in [6, 6.07) is 11.2. The summed E-state index contributed by atoms with van der Waals surface area (Å²) in [7, 11) is 0. The maximum absolute atomic E-state index is 13.1. The highest BCUT2D eigenvalue weighted by Gasteiger charge is 2.31. The molecule has 1 atom stereocenters. The van der Waals surface area contributed by atoms with Crippen LogP contribution < -0.4 is 16.6 Å². The van der Waals surface area contributed by atoms with Gasteiger partial charge in [-0.3, -0.25) is 9.59 Å². The summed E-state index contributed by atoms with van der Waals surface area (Å²) in [6.07, 6.45) is -4.58. The zero-order chi connectivity index (χ0) is 25.3. The van der Waals surface area contributed by atoms with Crippen molar-refractivity contribution in [1.29, 1.82) is 0 Å². The number of hydrogen-bond donors (Lipinski definition) is 2. The second-order valence-corrected chi connectivity index (χ2v) is 7.73. The number of alkyl halides is 3. The zero-order valence-corrected chi connectivity index (χ0v) is 18.5. The average molecular weight is 484 g/mol. The summed E-state index contributed by atoms with van der Waals surface area (Å²) in [5.41, 5.74) is 5.05. The number of aromatic nitrogens is 4. The van der Waals surface area contributed by atoms with Crippen LogP contribution in [-0.4, -0.2) is 25.9 Å². The van der Waals surface area contributed by atoms with E-state index in [1.54, 1.807) is 31.2 Å². The summed E-state index contributed by atoms with van der Waals surface area (Å²) >= 11 is 0. The molecule has 35 heavy (non-hydrogen) atoms. The molecule has 0 saturated heterocycles. The minimum Gasteiger partial charge on any atom is -0.421 e. The molecule has 2 aromatic heterocycles. The van der Waals surface area contributed by atoms with E-state index in [-0.39, 0.29) is 22.8 Å². The SMILES string of the molecule is Cc1nnc(-c2cccc(-n3nc(C(=O)N[C@H](C)c4cc(N)cc(C(F)(F)F)c4)ccc3=O)c2)o1. The predicted molar refractivity (Wildman–Crippen MR) is 120 cm³/mol. The minimum atomic E-state index is -4.58. The van der Waals surface area contributed by atoms with Crippen LogP contribution in [0.4, 0.5) is 18.9 Å². The number of carbonyl (C=O) groups excluding carboxylic acids is 1. The number of anilines is 1. The Hall–Kier alpha value is -4.48. The van der Waals surface area contributed by atoms with E-state index >= 15 is 0 Å². The van der Waals surface area contributed by atoms with Crippen LogP contribution in [0.2, 0.25) is 0 Å². The highest BCUT2D eigenvalue weighted by Crippen LogP contribution is 2.32. The molecular weight excluding hydrogens is 465 g/mol. The molecule has 0 aliphatic carbocycles. The fraction of sp³-hybridized carbons (Fsp3) is 0.174. The molecule has 4 aromatic rings. The van der Waals surface area contributed by atoms with E-state index in [0.29, 0.717) is 17.1 Å². The number of nitrogens with two attached hydrogens (primary N) is 1. The molecule has 0 bridgehead atoms. The van der Waals surface area contributed by atoms with Gasteiger partial charge in [-0.05, 0) is 55.0 Å². The van der Waals surface area contributed by atoms with Gasteiger partial charge in [-0.25, -0.2) is 0 Å². The van der Waals surface area contributed by atoms with Gasteiger partial charge in [-0.15, -0.1) is 10.2 Å². The van der Waals surface area contributed by atoms with E-state index in [9.17, 15) is 22.8 Å². The third-order valence-corrected chi connectivity index (χ3v) is 5.05. The van der Waals surface area contributed by atoms with Crippen molar-refractivity contribution in [3.63, 3.8) is 0 Å². The summed E-state index contributed by atoms with van der Waals surface area (Å²) in [5, 5.41) is 14.4. The number of amides is 1. The third kappa shape index (κ3) is 5.21. The molecule has 1 amide bonds. The largest absolute Gasteiger partial charge is 0.421 e. The Morgan fingerprint density at radius 3 is 2.57 bits per heavy atom. The molecule has 2 aromatic carbocycles. The molecule has 0 fully saturated rings. The molecule has 0 unspecified atom stereocenters. The van der Waals surface area contributed by atoms with Crippen LogP contribution in [0.25, 0.3) is 17.1 Å². The maximum atomic E-state index is 13.1. The fourth-order valence-corrected chi connectivity index (χ4v) is 3.35. The van der Waals surface area contributed by atoms with Crippen molar-refractivity contribution >= 4 is 11.6 Å². The Balaban J connectivity index is 1.60. The number of nitrogens with zero attached hydrogens (tertiary/aromatic N) is 4. The standard InChI is InChI=1S/C23H19F3N6O3/c1-12(15-8-16(23(24,25)26)11-17(27)9-15)28-21(34)19-6-7-20(33)32(31-19)18-5-3-4-14(10-18)22-30-29-13(2)35-22/h3-12H,27H2,1-2H3,(H,28,34)/t12-/m1/s1. The van der Waals surface area contributed by atoms with Crippen LogP contribution in [0, 0.1) is 6.92 Å². The first-order valence-electron chi connectivity index (χ1n) is 10.3. The van der Waals surface area contributed by atoms with Crippen LogP contribution in [-0.2, 0) is 6.18 Å². The normalized spacial score (nSPS) is 12.4. The van der Waals surface area contributed by atoms with Gasteiger partial charge in [0.25, 0.3) is 11.5 Å². The summed E-state index contributed by atoms with van der Waals surface area (Å²) in [4.78, 5) is 25.3. The smallest absolute Gasteiger partial charge is 0.416 e. The van der Waals surface area contributed by atoms with E-state index in [2.05, 4.69) is 20.6 Å². The van der Waals surface area contributed by atoms with Gasteiger partial charge in [-0.1, -0.05) is 6.07 Å².